The quantitative estimate of drug-likeness (QED) is 0.672. The zero-order chi connectivity index (χ0) is 13.6. The maximum Gasteiger partial charge on any atom is 0.0147 e. The van der Waals surface area contributed by atoms with E-state index in [9.17, 15) is 0 Å². The second-order valence-electron chi connectivity index (χ2n) is 7.25. The summed E-state index contributed by atoms with van der Waals surface area (Å²) in [4.78, 5) is 0. The van der Waals surface area contributed by atoms with Crippen LogP contribution in [-0.2, 0) is 0 Å². The van der Waals surface area contributed by atoms with Crippen LogP contribution in [-0.4, -0.2) is 12.6 Å². The van der Waals surface area contributed by atoms with E-state index in [1.807, 2.05) is 0 Å². The van der Waals surface area contributed by atoms with E-state index in [1.54, 1.807) is 0 Å². The van der Waals surface area contributed by atoms with Gasteiger partial charge in [-0.2, -0.15) is 0 Å². The van der Waals surface area contributed by atoms with Crippen LogP contribution >= 0.6 is 0 Å². The first kappa shape index (κ1) is 16.0. The number of nitrogens with one attached hydrogen (secondary N) is 1. The Kier molecular flexibility index (Phi) is 6.70. The standard InChI is InChI=1S/C17H35N/c1-6-12-18-16(15(4)13-14(2)3)17(5)10-8-7-9-11-17/h14-16,18H,6-13H2,1-5H3. The molecule has 0 spiro atoms. The summed E-state index contributed by atoms with van der Waals surface area (Å²) in [6.07, 6.45) is 9.80. The molecule has 1 aliphatic carbocycles. The van der Waals surface area contributed by atoms with Crippen molar-refractivity contribution in [2.45, 2.75) is 85.6 Å². The largest absolute Gasteiger partial charge is 0.313 e. The molecular formula is C17H35N. The SMILES string of the molecule is CCCNC(C(C)CC(C)C)C1(C)CCCCC1. The normalized spacial score (nSPS) is 23.0. The highest BCUT2D eigenvalue weighted by atomic mass is 14.9. The minimum Gasteiger partial charge on any atom is -0.313 e. The molecular weight excluding hydrogens is 218 g/mol. The van der Waals surface area contributed by atoms with Gasteiger partial charge in [0.25, 0.3) is 0 Å². The van der Waals surface area contributed by atoms with Gasteiger partial charge in [-0.05, 0) is 49.5 Å². The van der Waals surface area contributed by atoms with Crippen molar-refractivity contribution in [3.63, 3.8) is 0 Å². The van der Waals surface area contributed by atoms with E-state index >= 15 is 0 Å². The van der Waals surface area contributed by atoms with Gasteiger partial charge in [0.1, 0.15) is 0 Å². The molecule has 1 heteroatoms. The van der Waals surface area contributed by atoms with Crippen molar-refractivity contribution in [1.82, 2.24) is 5.32 Å². The van der Waals surface area contributed by atoms with E-state index in [0.29, 0.717) is 5.41 Å². The Morgan fingerprint density at radius 1 is 1.06 bits per heavy atom. The van der Waals surface area contributed by atoms with Gasteiger partial charge in [0.15, 0.2) is 0 Å². The van der Waals surface area contributed by atoms with Crippen LogP contribution in [0.2, 0.25) is 0 Å². The molecule has 0 aromatic heterocycles. The Morgan fingerprint density at radius 3 is 2.17 bits per heavy atom. The van der Waals surface area contributed by atoms with Gasteiger partial charge in [-0.15, -0.1) is 0 Å². The highest BCUT2D eigenvalue weighted by molar-refractivity contribution is 4.92. The molecule has 1 nitrogen and oxygen atoms in total. The van der Waals surface area contributed by atoms with Crippen LogP contribution in [0.15, 0.2) is 0 Å². The van der Waals surface area contributed by atoms with Crippen molar-refractivity contribution >= 4 is 0 Å². The fourth-order valence-electron chi connectivity index (χ4n) is 3.98. The topological polar surface area (TPSA) is 12.0 Å². The molecule has 0 aliphatic heterocycles. The van der Waals surface area contributed by atoms with Gasteiger partial charge in [0.2, 0.25) is 0 Å². The molecule has 1 fully saturated rings. The van der Waals surface area contributed by atoms with Crippen molar-refractivity contribution in [2.24, 2.45) is 17.3 Å². The minimum absolute atomic E-state index is 0.543. The number of rotatable bonds is 7. The van der Waals surface area contributed by atoms with Gasteiger partial charge >= 0.3 is 0 Å². The van der Waals surface area contributed by atoms with Gasteiger partial charge < -0.3 is 5.32 Å². The molecule has 1 N–H and O–H groups in total. The maximum atomic E-state index is 3.88. The Balaban J connectivity index is 2.68. The summed E-state index contributed by atoms with van der Waals surface area (Å²) < 4.78 is 0. The molecule has 0 amide bonds. The smallest absolute Gasteiger partial charge is 0.0147 e. The third-order valence-corrected chi connectivity index (χ3v) is 4.77. The van der Waals surface area contributed by atoms with Gasteiger partial charge in [-0.3, -0.25) is 0 Å². The predicted octanol–water partition coefficient (Wildman–Crippen LogP) is 5.01. The first-order valence-electron chi connectivity index (χ1n) is 8.23. The average molecular weight is 253 g/mol. The monoisotopic (exact) mass is 253 g/mol. The molecule has 18 heavy (non-hydrogen) atoms. The number of hydrogen-bond donors (Lipinski definition) is 1. The highest BCUT2D eigenvalue weighted by Gasteiger charge is 2.37. The summed E-state index contributed by atoms with van der Waals surface area (Å²) >= 11 is 0. The zero-order valence-corrected chi connectivity index (χ0v) is 13.4. The predicted molar refractivity (Wildman–Crippen MR) is 81.9 cm³/mol. The zero-order valence-electron chi connectivity index (χ0n) is 13.4. The first-order valence-corrected chi connectivity index (χ1v) is 8.23. The second kappa shape index (κ2) is 7.53. The molecule has 0 aromatic carbocycles. The van der Waals surface area contributed by atoms with Crippen molar-refractivity contribution in [2.75, 3.05) is 6.54 Å². The lowest BCUT2D eigenvalue weighted by molar-refractivity contribution is 0.0996. The van der Waals surface area contributed by atoms with Gasteiger partial charge in [-0.1, -0.05) is 53.9 Å². The average Bonchev–Trinajstić information content (AvgIpc) is 2.29. The third kappa shape index (κ3) is 4.57. The molecule has 0 bridgehead atoms. The summed E-state index contributed by atoms with van der Waals surface area (Å²) in [5, 5.41) is 3.88. The van der Waals surface area contributed by atoms with Crippen molar-refractivity contribution < 1.29 is 0 Å². The van der Waals surface area contributed by atoms with Crippen LogP contribution < -0.4 is 5.32 Å². The summed E-state index contributed by atoms with van der Waals surface area (Å²) in [5.74, 6) is 1.62. The van der Waals surface area contributed by atoms with Crippen LogP contribution in [0.3, 0.4) is 0 Å². The second-order valence-corrected chi connectivity index (χ2v) is 7.25. The Morgan fingerprint density at radius 2 is 1.67 bits per heavy atom. The fourth-order valence-corrected chi connectivity index (χ4v) is 3.98. The van der Waals surface area contributed by atoms with E-state index in [2.05, 4.69) is 39.9 Å². The van der Waals surface area contributed by atoms with Gasteiger partial charge in [-0.25, -0.2) is 0 Å². The summed E-state index contributed by atoms with van der Waals surface area (Å²) in [6, 6.07) is 0.722. The van der Waals surface area contributed by atoms with E-state index < -0.39 is 0 Å². The molecule has 1 aliphatic rings. The van der Waals surface area contributed by atoms with E-state index in [0.717, 1.165) is 17.9 Å². The lowest BCUT2D eigenvalue weighted by Gasteiger charge is -2.45. The minimum atomic E-state index is 0.543. The Bertz CT molecular complexity index is 216. The van der Waals surface area contributed by atoms with Crippen LogP contribution in [0.5, 0.6) is 0 Å². The third-order valence-electron chi connectivity index (χ3n) is 4.77. The molecule has 0 heterocycles. The molecule has 0 radical (unpaired) electrons. The lowest BCUT2D eigenvalue weighted by Crippen LogP contribution is -2.49. The van der Waals surface area contributed by atoms with Crippen LogP contribution in [0.25, 0.3) is 0 Å². The summed E-state index contributed by atoms with van der Waals surface area (Å²) in [5.41, 5.74) is 0.543. The van der Waals surface area contributed by atoms with E-state index in [-0.39, 0.29) is 0 Å². The van der Waals surface area contributed by atoms with Crippen molar-refractivity contribution in [3.8, 4) is 0 Å². The fraction of sp³-hybridized carbons (Fsp3) is 1.00. The number of hydrogen-bond acceptors (Lipinski definition) is 1. The first-order chi connectivity index (χ1) is 8.49. The van der Waals surface area contributed by atoms with Gasteiger partial charge in [0.05, 0.1) is 0 Å². The Labute approximate surface area is 115 Å². The van der Waals surface area contributed by atoms with Crippen LogP contribution in [0, 0.1) is 17.3 Å². The lowest BCUT2D eigenvalue weighted by atomic mass is 9.66. The molecule has 2 unspecified atom stereocenters. The van der Waals surface area contributed by atoms with Crippen molar-refractivity contribution in [1.29, 1.82) is 0 Å². The molecule has 1 rings (SSSR count). The summed E-state index contributed by atoms with van der Waals surface area (Å²) in [6.45, 7) is 13.2. The van der Waals surface area contributed by atoms with Crippen LogP contribution in [0.1, 0.15) is 79.6 Å². The summed E-state index contributed by atoms with van der Waals surface area (Å²) in [7, 11) is 0. The van der Waals surface area contributed by atoms with Crippen molar-refractivity contribution in [3.05, 3.63) is 0 Å². The molecule has 0 aromatic rings. The highest BCUT2D eigenvalue weighted by Crippen LogP contribution is 2.42. The molecule has 2 atom stereocenters. The molecule has 108 valence electrons. The molecule has 0 saturated heterocycles. The van der Waals surface area contributed by atoms with Gasteiger partial charge in [0, 0.05) is 6.04 Å². The van der Waals surface area contributed by atoms with E-state index in [4.69, 9.17) is 0 Å². The Hall–Kier alpha value is -0.0400. The van der Waals surface area contributed by atoms with Crippen LogP contribution in [0.4, 0.5) is 0 Å². The maximum absolute atomic E-state index is 3.88. The molecule has 1 saturated carbocycles. The van der Waals surface area contributed by atoms with E-state index in [1.165, 1.54) is 51.5 Å².